The molecule has 5 rings (SSSR count). The molecular formula is C18H11ClFN7O. The fourth-order valence-corrected chi connectivity index (χ4v) is 3.44. The fraction of sp³-hybridized carbons (Fsp3) is 0.0556. The largest absolute Gasteiger partial charge is 0.318 e. The third kappa shape index (κ3) is 2.55. The Morgan fingerprint density at radius 2 is 1.82 bits per heavy atom. The van der Waals surface area contributed by atoms with Crippen molar-refractivity contribution in [2.75, 3.05) is 5.32 Å². The third-order valence-corrected chi connectivity index (χ3v) is 4.82. The molecule has 3 heterocycles. The zero-order valence-corrected chi connectivity index (χ0v) is 14.9. The maximum absolute atomic E-state index is 13.4. The highest BCUT2D eigenvalue weighted by molar-refractivity contribution is 6.30. The van der Waals surface area contributed by atoms with Crippen molar-refractivity contribution in [3.05, 3.63) is 80.9 Å². The summed E-state index contributed by atoms with van der Waals surface area (Å²) in [5.74, 6) is -0.0358. The van der Waals surface area contributed by atoms with Crippen LogP contribution in [-0.2, 0) is 0 Å². The van der Waals surface area contributed by atoms with Gasteiger partial charge in [-0.2, -0.15) is 9.78 Å². The van der Waals surface area contributed by atoms with Crippen LogP contribution < -0.4 is 10.9 Å². The first-order chi connectivity index (χ1) is 13.6. The number of rotatable bonds is 2. The minimum atomic E-state index is -0.520. The molecule has 28 heavy (non-hydrogen) atoms. The van der Waals surface area contributed by atoms with Crippen molar-refractivity contribution in [3.8, 4) is 11.3 Å². The van der Waals surface area contributed by atoms with Crippen LogP contribution in [0.1, 0.15) is 17.2 Å². The number of aromatic amines is 1. The van der Waals surface area contributed by atoms with Crippen LogP contribution in [0, 0.1) is 5.82 Å². The number of H-pyrrole nitrogens is 1. The van der Waals surface area contributed by atoms with Crippen molar-refractivity contribution in [1.82, 2.24) is 30.4 Å². The molecule has 1 aliphatic rings. The number of tetrazole rings is 1. The number of anilines is 2. The number of fused-ring (bicyclic) bond motifs is 2. The van der Waals surface area contributed by atoms with E-state index in [4.69, 9.17) is 11.6 Å². The minimum absolute atomic E-state index is 0.288. The zero-order valence-electron chi connectivity index (χ0n) is 14.1. The number of hydrogen-bond donors (Lipinski definition) is 2. The molecule has 0 aliphatic carbocycles. The van der Waals surface area contributed by atoms with Crippen molar-refractivity contribution in [2.24, 2.45) is 0 Å². The summed E-state index contributed by atoms with van der Waals surface area (Å²) in [5, 5.41) is 22.0. The average Bonchev–Trinajstić information content (AvgIpc) is 3.17. The molecule has 138 valence electrons. The highest BCUT2D eigenvalue weighted by Gasteiger charge is 2.34. The van der Waals surface area contributed by atoms with E-state index in [-0.39, 0.29) is 11.5 Å². The van der Waals surface area contributed by atoms with E-state index >= 15 is 0 Å². The molecule has 4 aromatic rings. The van der Waals surface area contributed by atoms with Crippen molar-refractivity contribution < 1.29 is 4.39 Å². The summed E-state index contributed by atoms with van der Waals surface area (Å²) in [6.07, 6.45) is 0. The van der Waals surface area contributed by atoms with Gasteiger partial charge in [-0.1, -0.05) is 28.8 Å². The smallest absolute Gasteiger partial charge is 0.288 e. The lowest BCUT2D eigenvalue weighted by molar-refractivity contribution is 0.567. The molecule has 2 aromatic carbocycles. The first-order valence-corrected chi connectivity index (χ1v) is 8.68. The summed E-state index contributed by atoms with van der Waals surface area (Å²) in [7, 11) is 0. The molecule has 0 saturated heterocycles. The Hall–Kier alpha value is -3.59. The normalized spacial score (nSPS) is 14.9. The van der Waals surface area contributed by atoms with E-state index in [1.54, 1.807) is 28.9 Å². The van der Waals surface area contributed by atoms with Gasteiger partial charge in [-0.05, 0) is 52.4 Å². The van der Waals surface area contributed by atoms with E-state index in [0.717, 1.165) is 5.56 Å². The molecule has 1 atom stereocenters. The number of nitrogens with one attached hydrogen (secondary N) is 2. The second kappa shape index (κ2) is 6.24. The lowest BCUT2D eigenvalue weighted by Gasteiger charge is -2.27. The van der Waals surface area contributed by atoms with Gasteiger partial charge in [0.15, 0.2) is 0 Å². The SMILES string of the molecule is O=c1[nH]nc(-c2ccc(F)cc2)c2c1Nc1nnnn1[C@@H]2c1ccc(Cl)cc1. The molecule has 1 aliphatic heterocycles. The lowest BCUT2D eigenvalue weighted by Crippen LogP contribution is -2.29. The van der Waals surface area contributed by atoms with Crippen LogP contribution in [0.25, 0.3) is 11.3 Å². The van der Waals surface area contributed by atoms with E-state index in [9.17, 15) is 9.18 Å². The summed E-state index contributed by atoms with van der Waals surface area (Å²) < 4.78 is 15.0. The Morgan fingerprint density at radius 3 is 2.57 bits per heavy atom. The first kappa shape index (κ1) is 16.6. The molecule has 0 unspecified atom stereocenters. The summed E-state index contributed by atoms with van der Waals surface area (Å²) in [6.45, 7) is 0. The van der Waals surface area contributed by atoms with Gasteiger partial charge in [0.1, 0.15) is 17.5 Å². The van der Waals surface area contributed by atoms with Crippen LogP contribution in [0.15, 0.2) is 53.3 Å². The Morgan fingerprint density at radius 1 is 1.07 bits per heavy atom. The second-order valence-electron chi connectivity index (χ2n) is 6.22. The van der Waals surface area contributed by atoms with Gasteiger partial charge in [0.2, 0.25) is 5.95 Å². The monoisotopic (exact) mass is 395 g/mol. The van der Waals surface area contributed by atoms with Gasteiger partial charge < -0.3 is 5.32 Å². The van der Waals surface area contributed by atoms with Gasteiger partial charge in [0, 0.05) is 16.1 Å². The quantitative estimate of drug-likeness (QED) is 0.476. The van der Waals surface area contributed by atoms with E-state index in [1.165, 1.54) is 12.1 Å². The molecule has 2 N–H and O–H groups in total. The highest BCUT2D eigenvalue weighted by Crippen LogP contribution is 2.41. The fourth-order valence-electron chi connectivity index (χ4n) is 3.32. The number of hydrogen-bond acceptors (Lipinski definition) is 6. The number of halogens is 2. The first-order valence-electron chi connectivity index (χ1n) is 8.30. The molecule has 0 spiro atoms. The van der Waals surface area contributed by atoms with Gasteiger partial charge in [-0.25, -0.2) is 9.49 Å². The summed E-state index contributed by atoms with van der Waals surface area (Å²) in [6, 6.07) is 12.5. The molecule has 8 nitrogen and oxygen atoms in total. The second-order valence-corrected chi connectivity index (χ2v) is 6.66. The molecule has 2 aromatic heterocycles. The molecular weight excluding hydrogens is 385 g/mol. The minimum Gasteiger partial charge on any atom is -0.318 e. The predicted octanol–water partition coefficient (Wildman–Crippen LogP) is 2.91. The maximum Gasteiger partial charge on any atom is 0.288 e. The van der Waals surface area contributed by atoms with E-state index in [2.05, 4.69) is 31.0 Å². The van der Waals surface area contributed by atoms with Crippen molar-refractivity contribution >= 4 is 23.2 Å². The summed E-state index contributed by atoms with van der Waals surface area (Å²) >= 11 is 6.03. The molecule has 0 fully saturated rings. The Bertz CT molecular complexity index is 1230. The van der Waals surface area contributed by atoms with Crippen LogP contribution in [0.5, 0.6) is 0 Å². The highest BCUT2D eigenvalue weighted by atomic mass is 35.5. The zero-order chi connectivity index (χ0) is 19.3. The van der Waals surface area contributed by atoms with Crippen molar-refractivity contribution in [3.63, 3.8) is 0 Å². The Balaban J connectivity index is 1.81. The van der Waals surface area contributed by atoms with Gasteiger partial charge in [0.05, 0.1) is 5.69 Å². The van der Waals surface area contributed by atoms with E-state index < -0.39 is 11.6 Å². The molecule has 0 radical (unpaired) electrons. The van der Waals surface area contributed by atoms with Gasteiger partial charge in [-0.15, -0.1) is 0 Å². The predicted molar refractivity (Wildman–Crippen MR) is 100 cm³/mol. The van der Waals surface area contributed by atoms with Crippen LogP contribution in [-0.4, -0.2) is 30.4 Å². The third-order valence-electron chi connectivity index (χ3n) is 4.57. The van der Waals surface area contributed by atoms with Gasteiger partial charge in [0.25, 0.3) is 5.56 Å². The number of nitrogens with zero attached hydrogens (tertiary/aromatic N) is 5. The van der Waals surface area contributed by atoms with Crippen LogP contribution in [0.4, 0.5) is 16.0 Å². The van der Waals surface area contributed by atoms with Crippen LogP contribution >= 0.6 is 11.6 Å². The lowest BCUT2D eigenvalue weighted by atomic mass is 9.92. The average molecular weight is 396 g/mol. The Kier molecular flexibility index (Phi) is 3.69. The molecule has 0 saturated carbocycles. The molecule has 0 bridgehead atoms. The topological polar surface area (TPSA) is 101 Å². The standard InChI is InChI=1S/C18H11ClFN7O/c19-11-5-1-10(2-6-11)16-13-14(9-3-7-12(20)8-4-9)22-23-17(28)15(13)21-18-24-25-26-27(16)18/h1-8,16H,(H,23,28)(H,21,24,26)/t16-/m1/s1. The molecule has 10 heteroatoms. The van der Waals surface area contributed by atoms with E-state index in [1.807, 2.05) is 12.1 Å². The van der Waals surface area contributed by atoms with E-state index in [0.29, 0.717) is 27.8 Å². The number of benzene rings is 2. The van der Waals surface area contributed by atoms with Crippen molar-refractivity contribution in [1.29, 1.82) is 0 Å². The molecule has 0 amide bonds. The van der Waals surface area contributed by atoms with Crippen LogP contribution in [0.2, 0.25) is 5.02 Å². The Labute approximate surface area is 162 Å². The van der Waals surface area contributed by atoms with Crippen LogP contribution in [0.3, 0.4) is 0 Å². The summed E-state index contributed by atoms with van der Waals surface area (Å²) in [4.78, 5) is 12.5. The van der Waals surface area contributed by atoms with Gasteiger partial charge in [-0.3, -0.25) is 4.79 Å². The summed E-state index contributed by atoms with van der Waals surface area (Å²) in [5.41, 5.74) is 2.41. The number of aromatic nitrogens is 6. The van der Waals surface area contributed by atoms with Gasteiger partial charge >= 0.3 is 0 Å². The van der Waals surface area contributed by atoms with Crippen molar-refractivity contribution in [2.45, 2.75) is 6.04 Å². The maximum atomic E-state index is 13.4.